The molecule has 6 heteroatoms. The van der Waals surface area contributed by atoms with Crippen molar-refractivity contribution in [3.05, 3.63) is 0 Å². The Morgan fingerprint density at radius 3 is 1.10 bits per heavy atom. The van der Waals surface area contributed by atoms with E-state index < -0.39 is 6.10 Å². The van der Waals surface area contributed by atoms with Crippen LogP contribution >= 0.6 is 0 Å². The minimum Gasteiger partial charge on any atom is -0.462 e. The first-order chi connectivity index (χ1) is 23.6. The van der Waals surface area contributed by atoms with Gasteiger partial charge in [0.1, 0.15) is 6.61 Å². The summed E-state index contributed by atoms with van der Waals surface area (Å²) in [7, 11) is 1.62. The van der Waals surface area contributed by atoms with Gasteiger partial charge in [-0.2, -0.15) is 0 Å². The molecule has 0 aliphatic heterocycles. The number of esters is 2. The highest BCUT2D eigenvalue weighted by Gasteiger charge is 2.17. The summed E-state index contributed by atoms with van der Waals surface area (Å²) in [5.74, 6) is -0.450. The van der Waals surface area contributed by atoms with Gasteiger partial charge in [-0.1, -0.05) is 194 Å². The largest absolute Gasteiger partial charge is 0.462 e. The third-order valence-corrected chi connectivity index (χ3v) is 9.43. The molecule has 1 unspecified atom stereocenters. The van der Waals surface area contributed by atoms with E-state index in [4.69, 9.17) is 18.9 Å². The summed E-state index contributed by atoms with van der Waals surface area (Å²) in [6, 6.07) is 0. The van der Waals surface area contributed by atoms with Crippen LogP contribution in [0.1, 0.15) is 219 Å². The highest BCUT2D eigenvalue weighted by molar-refractivity contribution is 5.70. The van der Waals surface area contributed by atoms with Crippen LogP contribution in [0.15, 0.2) is 0 Å². The van der Waals surface area contributed by atoms with Crippen LogP contribution in [0, 0.1) is 0 Å². The molecule has 1 atom stereocenters. The van der Waals surface area contributed by atoms with E-state index in [0.717, 1.165) is 25.7 Å². The summed E-state index contributed by atoms with van der Waals surface area (Å²) < 4.78 is 21.8. The van der Waals surface area contributed by atoms with Crippen molar-refractivity contribution in [3.8, 4) is 0 Å². The predicted octanol–water partition coefficient (Wildman–Crippen LogP) is 12.6. The fourth-order valence-corrected chi connectivity index (χ4v) is 6.26. The second kappa shape index (κ2) is 40.3. The molecule has 0 radical (unpaired) electrons. The zero-order chi connectivity index (χ0) is 35.0. The van der Waals surface area contributed by atoms with Gasteiger partial charge in [-0.05, 0) is 12.8 Å². The molecule has 0 aliphatic carbocycles. The number of hydrogen-bond donors (Lipinski definition) is 0. The quantitative estimate of drug-likeness (QED) is 0.0473. The third kappa shape index (κ3) is 37.7. The first-order valence-corrected chi connectivity index (χ1v) is 21.1. The van der Waals surface area contributed by atoms with Crippen molar-refractivity contribution in [1.29, 1.82) is 0 Å². The summed E-state index contributed by atoms with van der Waals surface area (Å²) in [5, 5.41) is 0. The first kappa shape index (κ1) is 46.9. The van der Waals surface area contributed by atoms with Crippen LogP contribution in [0.4, 0.5) is 0 Å². The lowest BCUT2D eigenvalue weighted by Crippen LogP contribution is -2.30. The van der Waals surface area contributed by atoms with Crippen LogP contribution < -0.4 is 0 Å². The first-order valence-electron chi connectivity index (χ1n) is 21.1. The molecule has 0 N–H and O–H groups in total. The zero-order valence-electron chi connectivity index (χ0n) is 32.5. The number of methoxy groups -OCH3 is 1. The number of unbranched alkanes of at least 4 members (excludes halogenated alkanes) is 28. The van der Waals surface area contributed by atoms with Gasteiger partial charge in [0.05, 0.1) is 19.8 Å². The number of carbonyl (C=O) groups excluding carboxylic acids is 2. The topological polar surface area (TPSA) is 71.1 Å². The van der Waals surface area contributed by atoms with E-state index in [9.17, 15) is 9.59 Å². The van der Waals surface area contributed by atoms with Gasteiger partial charge < -0.3 is 18.9 Å². The van der Waals surface area contributed by atoms with Gasteiger partial charge >= 0.3 is 11.9 Å². The lowest BCUT2D eigenvalue weighted by atomic mass is 10.0. The molecule has 0 fully saturated rings. The Kier molecular flexibility index (Phi) is 39.3. The van der Waals surface area contributed by atoms with Crippen LogP contribution in [0.25, 0.3) is 0 Å². The van der Waals surface area contributed by atoms with Crippen LogP contribution in [0.2, 0.25) is 0 Å². The SMILES string of the molecule is CCCCCCCCCCCCCCCCCC(=O)OCC(COCCOC)OC(=O)CCCCCCCCCCCCCCCCC. The molecule has 0 aliphatic rings. The van der Waals surface area contributed by atoms with Gasteiger partial charge in [-0.15, -0.1) is 0 Å². The maximum absolute atomic E-state index is 12.5. The Morgan fingerprint density at radius 1 is 0.417 bits per heavy atom. The fraction of sp³-hybridized carbons (Fsp3) is 0.952. The Morgan fingerprint density at radius 2 is 0.750 bits per heavy atom. The van der Waals surface area contributed by atoms with Crippen molar-refractivity contribution in [2.45, 2.75) is 225 Å². The standard InChI is InChI=1S/C42H82O6/c1-4-6-8-10-12-14-16-18-20-22-24-26-28-30-32-34-41(43)47-39-40(38-46-37-36-45-3)48-42(44)35-33-31-29-27-25-23-21-19-17-15-13-11-9-7-5-2/h40H,4-39H2,1-3H3. The van der Waals surface area contributed by atoms with E-state index in [0.29, 0.717) is 26.1 Å². The summed E-state index contributed by atoms with van der Waals surface area (Å²) in [6.45, 7) is 5.69. The van der Waals surface area contributed by atoms with E-state index in [-0.39, 0.29) is 25.2 Å². The molecule has 0 bridgehead atoms. The number of carbonyl (C=O) groups is 2. The average Bonchev–Trinajstić information content (AvgIpc) is 3.08. The summed E-state index contributed by atoms with van der Waals surface area (Å²) >= 11 is 0. The summed E-state index contributed by atoms with van der Waals surface area (Å²) in [4.78, 5) is 24.9. The molecule has 286 valence electrons. The molecule has 0 rings (SSSR count). The monoisotopic (exact) mass is 683 g/mol. The second-order valence-corrected chi connectivity index (χ2v) is 14.3. The molecule has 48 heavy (non-hydrogen) atoms. The second-order valence-electron chi connectivity index (χ2n) is 14.3. The fourth-order valence-electron chi connectivity index (χ4n) is 6.26. The molecule has 0 aromatic heterocycles. The predicted molar refractivity (Wildman–Crippen MR) is 203 cm³/mol. The van der Waals surface area contributed by atoms with E-state index in [1.165, 1.54) is 167 Å². The molecule has 0 saturated carbocycles. The van der Waals surface area contributed by atoms with Crippen molar-refractivity contribution in [2.75, 3.05) is 33.5 Å². The van der Waals surface area contributed by atoms with E-state index in [2.05, 4.69) is 13.8 Å². The van der Waals surface area contributed by atoms with Crippen molar-refractivity contribution < 1.29 is 28.5 Å². The maximum Gasteiger partial charge on any atom is 0.306 e. The van der Waals surface area contributed by atoms with Crippen LogP contribution in [0.5, 0.6) is 0 Å². The molecule has 0 aromatic carbocycles. The Hall–Kier alpha value is -1.14. The van der Waals surface area contributed by atoms with E-state index in [1.54, 1.807) is 7.11 Å². The summed E-state index contributed by atoms with van der Waals surface area (Å²) in [6.07, 6.45) is 39.2. The van der Waals surface area contributed by atoms with Gasteiger partial charge in [-0.3, -0.25) is 9.59 Å². The normalized spacial score (nSPS) is 12.0. The molecular weight excluding hydrogens is 600 g/mol. The highest BCUT2D eigenvalue weighted by Crippen LogP contribution is 2.16. The van der Waals surface area contributed by atoms with Crippen LogP contribution in [0.3, 0.4) is 0 Å². The van der Waals surface area contributed by atoms with Crippen molar-refractivity contribution in [2.24, 2.45) is 0 Å². The molecule has 0 spiro atoms. The molecular formula is C42H82O6. The molecule has 6 nitrogen and oxygen atoms in total. The smallest absolute Gasteiger partial charge is 0.306 e. The average molecular weight is 683 g/mol. The van der Waals surface area contributed by atoms with E-state index >= 15 is 0 Å². The molecule has 0 saturated heterocycles. The lowest BCUT2D eigenvalue weighted by Gasteiger charge is -2.18. The highest BCUT2D eigenvalue weighted by atomic mass is 16.6. The van der Waals surface area contributed by atoms with Gasteiger partial charge in [-0.25, -0.2) is 0 Å². The van der Waals surface area contributed by atoms with Crippen LogP contribution in [-0.4, -0.2) is 51.6 Å². The Balaban J connectivity index is 3.84. The van der Waals surface area contributed by atoms with Crippen molar-refractivity contribution >= 4 is 11.9 Å². The van der Waals surface area contributed by atoms with Gasteiger partial charge in [0, 0.05) is 20.0 Å². The maximum atomic E-state index is 12.5. The van der Waals surface area contributed by atoms with E-state index in [1.807, 2.05) is 0 Å². The zero-order valence-corrected chi connectivity index (χ0v) is 32.5. The minimum absolute atomic E-state index is 0.0507. The third-order valence-electron chi connectivity index (χ3n) is 9.43. The van der Waals surface area contributed by atoms with Gasteiger partial charge in [0.25, 0.3) is 0 Å². The lowest BCUT2D eigenvalue weighted by molar-refractivity contribution is -0.163. The van der Waals surface area contributed by atoms with Crippen molar-refractivity contribution in [3.63, 3.8) is 0 Å². The summed E-state index contributed by atoms with van der Waals surface area (Å²) in [5.41, 5.74) is 0. The molecule has 0 heterocycles. The number of rotatable bonds is 40. The minimum atomic E-state index is -0.573. The molecule has 0 aromatic rings. The number of ether oxygens (including phenoxy) is 4. The number of hydrogen-bond acceptors (Lipinski definition) is 6. The van der Waals surface area contributed by atoms with Crippen LogP contribution in [-0.2, 0) is 28.5 Å². The molecule has 0 amide bonds. The van der Waals surface area contributed by atoms with Gasteiger partial charge in [0.2, 0.25) is 0 Å². The Bertz CT molecular complexity index is 654. The van der Waals surface area contributed by atoms with Gasteiger partial charge in [0.15, 0.2) is 6.10 Å². The van der Waals surface area contributed by atoms with Crippen molar-refractivity contribution in [1.82, 2.24) is 0 Å². The Labute approximate surface area is 298 Å².